The van der Waals surface area contributed by atoms with Crippen LogP contribution in [0.1, 0.15) is 13.8 Å². The third kappa shape index (κ3) is 6.18. The number of methoxy groups -OCH3 is 1. The van der Waals surface area contributed by atoms with Crippen LogP contribution < -0.4 is 19.5 Å². The summed E-state index contributed by atoms with van der Waals surface area (Å²) < 4.78 is 37.8. The minimum atomic E-state index is -3.71. The summed E-state index contributed by atoms with van der Waals surface area (Å²) in [5.74, 6) is -0.445. The van der Waals surface area contributed by atoms with E-state index >= 15 is 0 Å². The lowest BCUT2D eigenvalue weighted by Gasteiger charge is -2.16. The van der Waals surface area contributed by atoms with Gasteiger partial charge in [-0.1, -0.05) is 25.1 Å². The third-order valence-corrected chi connectivity index (χ3v) is 5.19. The second-order valence-electron chi connectivity index (χ2n) is 5.93. The zero-order valence-corrected chi connectivity index (χ0v) is 16.4. The van der Waals surface area contributed by atoms with Crippen LogP contribution in [0.25, 0.3) is 0 Å². The van der Waals surface area contributed by atoms with E-state index < -0.39 is 21.8 Å². The van der Waals surface area contributed by atoms with Gasteiger partial charge in [0.05, 0.1) is 36.8 Å². The SMILES string of the molecule is CCOc1ccccc1NC(=O)C(C)CS(=O)(=O)Nc1cccc(OC)c1. The van der Waals surface area contributed by atoms with Crippen molar-refractivity contribution in [3.05, 3.63) is 48.5 Å². The smallest absolute Gasteiger partial charge is 0.233 e. The van der Waals surface area contributed by atoms with Gasteiger partial charge in [0.2, 0.25) is 15.9 Å². The lowest BCUT2D eigenvalue weighted by molar-refractivity contribution is -0.118. The Hall–Kier alpha value is -2.74. The van der Waals surface area contributed by atoms with Gasteiger partial charge in [0, 0.05) is 6.07 Å². The van der Waals surface area contributed by atoms with Crippen LogP contribution in [-0.2, 0) is 14.8 Å². The molecular formula is C19H24N2O5S. The van der Waals surface area contributed by atoms with Crippen LogP contribution in [-0.4, -0.2) is 33.8 Å². The van der Waals surface area contributed by atoms with E-state index in [1.807, 2.05) is 6.92 Å². The fourth-order valence-corrected chi connectivity index (χ4v) is 3.80. The quantitative estimate of drug-likeness (QED) is 0.684. The molecule has 2 aromatic rings. The summed E-state index contributed by atoms with van der Waals surface area (Å²) in [6.07, 6.45) is 0. The lowest BCUT2D eigenvalue weighted by atomic mass is 10.2. The molecule has 0 fully saturated rings. The van der Waals surface area contributed by atoms with Crippen molar-refractivity contribution >= 4 is 27.3 Å². The fourth-order valence-electron chi connectivity index (χ4n) is 2.42. The molecule has 0 heterocycles. The maximum absolute atomic E-state index is 12.4. The van der Waals surface area contributed by atoms with Crippen molar-refractivity contribution in [2.75, 3.05) is 29.5 Å². The second-order valence-corrected chi connectivity index (χ2v) is 7.70. The molecule has 2 N–H and O–H groups in total. The van der Waals surface area contributed by atoms with E-state index in [0.29, 0.717) is 29.5 Å². The molecule has 0 radical (unpaired) electrons. The molecule has 0 aliphatic rings. The van der Waals surface area contributed by atoms with E-state index in [4.69, 9.17) is 9.47 Å². The molecule has 7 nitrogen and oxygen atoms in total. The van der Waals surface area contributed by atoms with Gasteiger partial charge in [-0.3, -0.25) is 9.52 Å². The molecule has 0 aliphatic carbocycles. The van der Waals surface area contributed by atoms with Gasteiger partial charge in [0.15, 0.2) is 0 Å². The first-order chi connectivity index (χ1) is 12.8. The molecule has 1 atom stereocenters. The number of benzene rings is 2. The summed E-state index contributed by atoms with van der Waals surface area (Å²) in [6, 6.07) is 13.6. The minimum absolute atomic E-state index is 0.354. The lowest BCUT2D eigenvalue weighted by Crippen LogP contribution is -2.30. The van der Waals surface area contributed by atoms with Crippen molar-refractivity contribution in [2.45, 2.75) is 13.8 Å². The van der Waals surface area contributed by atoms with Gasteiger partial charge in [-0.25, -0.2) is 8.42 Å². The maximum Gasteiger partial charge on any atom is 0.233 e. The zero-order valence-electron chi connectivity index (χ0n) is 15.6. The number of anilines is 2. The number of para-hydroxylation sites is 2. The van der Waals surface area contributed by atoms with Crippen LogP contribution in [0, 0.1) is 5.92 Å². The van der Waals surface area contributed by atoms with Gasteiger partial charge in [-0.05, 0) is 31.2 Å². The molecule has 146 valence electrons. The highest BCUT2D eigenvalue weighted by Gasteiger charge is 2.22. The molecule has 1 unspecified atom stereocenters. The Morgan fingerprint density at radius 3 is 2.59 bits per heavy atom. The molecule has 8 heteroatoms. The minimum Gasteiger partial charge on any atom is -0.497 e. The van der Waals surface area contributed by atoms with Crippen molar-refractivity contribution < 1.29 is 22.7 Å². The summed E-state index contributed by atoms with van der Waals surface area (Å²) in [6.45, 7) is 3.86. The second kappa shape index (κ2) is 9.27. The summed E-state index contributed by atoms with van der Waals surface area (Å²) in [5.41, 5.74) is 0.887. The van der Waals surface area contributed by atoms with Gasteiger partial charge < -0.3 is 14.8 Å². The first-order valence-electron chi connectivity index (χ1n) is 8.52. The molecule has 2 aromatic carbocycles. The highest BCUT2D eigenvalue weighted by atomic mass is 32.2. The number of rotatable bonds is 9. The molecule has 0 spiro atoms. The highest BCUT2D eigenvalue weighted by Crippen LogP contribution is 2.24. The summed E-state index contributed by atoms with van der Waals surface area (Å²) in [4.78, 5) is 12.4. The monoisotopic (exact) mass is 392 g/mol. The number of nitrogens with one attached hydrogen (secondary N) is 2. The number of carbonyl (C=O) groups is 1. The first-order valence-corrected chi connectivity index (χ1v) is 10.2. The van der Waals surface area contributed by atoms with Crippen LogP contribution >= 0.6 is 0 Å². The van der Waals surface area contributed by atoms with E-state index in [1.54, 1.807) is 55.5 Å². The standard InChI is InChI=1S/C19H24N2O5S/c1-4-26-18-11-6-5-10-17(18)20-19(22)14(2)13-27(23,24)21-15-8-7-9-16(12-15)25-3/h5-12,14,21H,4,13H2,1-3H3,(H,20,22). The Kier molecular flexibility index (Phi) is 7.06. The van der Waals surface area contributed by atoms with E-state index in [2.05, 4.69) is 10.0 Å². The summed E-state index contributed by atoms with van der Waals surface area (Å²) in [7, 11) is -2.21. The van der Waals surface area contributed by atoms with Crippen molar-refractivity contribution in [2.24, 2.45) is 5.92 Å². The van der Waals surface area contributed by atoms with E-state index in [1.165, 1.54) is 7.11 Å². The normalized spacial score (nSPS) is 12.1. The Morgan fingerprint density at radius 2 is 1.89 bits per heavy atom. The number of ether oxygens (including phenoxy) is 2. The molecule has 0 bridgehead atoms. The Balaban J connectivity index is 2.02. The zero-order chi connectivity index (χ0) is 19.9. The van der Waals surface area contributed by atoms with E-state index in [0.717, 1.165) is 0 Å². The van der Waals surface area contributed by atoms with Gasteiger partial charge in [0.1, 0.15) is 11.5 Å². The van der Waals surface area contributed by atoms with Crippen molar-refractivity contribution in [1.29, 1.82) is 0 Å². The topological polar surface area (TPSA) is 93.7 Å². The van der Waals surface area contributed by atoms with E-state index in [-0.39, 0.29) is 5.75 Å². The van der Waals surface area contributed by atoms with Gasteiger partial charge in [-0.2, -0.15) is 0 Å². The number of sulfonamides is 1. The van der Waals surface area contributed by atoms with Crippen molar-refractivity contribution in [1.82, 2.24) is 0 Å². The van der Waals surface area contributed by atoms with Crippen molar-refractivity contribution in [3.63, 3.8) is 0 Å². The Bertz CT molecular complexity index is 883. The molecule has 0 aliphatic heterocycles. The maximum atomic E-state index is 12.4. The fraction of sp³-hybridized carbons (Fsp3) is 0.316. The molecule has 0 aromatic heterocycles. The van der Waals surface area contributed by atoms with Crippen LogP contribution in [0.15, 0.2) is 48.5 Å². The first kappa shape index (κ1) is 20.6. The van der Waals surface area contributed by atoms with E-state index in [9.17, 15) is 13.2 Å². The van der Waals surface area contributed by atoms with Crippen LogP contribution in [0.2, 0.25) is 0 Å². The number of carbonyl (C=O) groups excluding carboxylic acids is 1. The molecule has 1 amide bonds. The average Bonchev–Trinajstić information content (AvgIpc) is 2.62. The molecule has 0 saturated heterocycles. The number of amides is 1. The summed E-state index contributed by atoms with van der Waals surface area (Å²) in [5, 5.41) is 2.72. The predicted molar refractivity (Wildman–Crippen MR) is 106 cm³/mol. The van der Waals surface area contributed by atoms with Gasteiger partial charge >= 0.3 is 0 Å². The summed E-state index contributed by atoms with van der Waals surface area (Å²) >= 11 is 0. The highest BCUT2D eigenvalue weighted by molar-refractivity contribution is 7.92. The average molecular weight is 392 g/mol. The molecule has 2 rings (SSSR count). The van der Waals surface area contributed by atoms with Gasteiger partial charge in [0.25, 0.3) is 0 Å². The Labute approximate surface area is 159 Å². The number of hydrogen-bond acceptors (Lipinski definition) is 5. The third-order valence-electron chi connectivity index (χ3n) is 3.70. The van der Waals surface area contributed by atoms with Crippen LogP contribution in [0.5, 0.6) is 11.5 Å². The largest absolute Gasteiger partial charge is 0.497 e. The number of hydrogen-bond donors (Lipinski definition) is 2. The van der Waals surface area contributed by atoms with Crippen LogP contribution in [0.3, 0.4) is 0 Å². The van der Waals surface area contributed by atoms with Crippen LogP contribution in [0.4, 0.5) is 11.4 Å². The van der Waals surface area contributed by atoms with Gasteiger partial charge in [-0.15, -0.1) is 0 Å². The molecular weight excluding hydrogens is 368 g/mol. The molecule has 27 heavy (non-hydrogen) atoms. The molecule has 0 saturated carbocycles. The van der Waals surface area contributed by atoms with Crippen molar-refractivity contribution in [3.8, 4) is 11.5 Å². The Morgan fingerprint density at radius 1 is 1.15 bits per heavy atom. The predicted octanol–water partition coefficient (Wildman–Crippen LogP) is 3.11.